The molecule has 0 fully saturated rings. The Labute approximate surface area is 198 Å². The SMILES string of the molecule is C1=NC(c2ccccc2)(c2ccc(-c3ccc(C4(c5ccccc5)N=CC=N4)cc3)cc2)N=C1. The minimum Gasteiger partial charge on any atom is -0.253 e. The zero-order chi connectivity index (χ0) is 22.8. The van der Waals surface area contributed by atoms with Gasteiger partial charge in [-0.2, -0.15) is 0 Å². The van der Waals surface area contributed by atoms with Gasteiger partial charge in [-0.05, 0) is 11.1 Å². The first kappa shape index (κ1) is 20.2. The zero-order valence-corrected chi connectivity index (χ0v) is 18.5. The number of hydrogen-bond acceptors (Lipinski definition) is 4. The Kier molecular flexibility index (Phi) is 4.84. The summed E-state index contributed by atoms with van der Waals surface area (Å²) in [5.41, 5.74) is 5.06. The lowest BCUT2D eigenvalue weighted by Gasteiger charge is -2.25. The van der Waals surface area contributed by atoms with Crippen LogP contribution in [0.15, 0.2) is 129 Å². The molecule has 4 aromatic rings. The molecule has 2 heterocycles. The Balaban J connectivity index is 1.32. The molecule has 0 saturated carbocycles. The quantitative estimate of drug-likeness (QED) is 0.363. The molecule has 4 heteroatoms. The van der Waals surface area contributed by atoms with Gasteiger partial charge >= 0.3 is 0 Å². The first-order valence-electron chi connectivity index (χ1n) is 11.3. The van der Waals surface area contributed by atoms with E-state index in [0.717, 1.165) is 33.4 Å². The van der Waals surface area contributed by atoms with E-state index in [1.165, 1.54) is 0 Å². The fraction of sp³-hybridized carbons (Fsp3) is 0.0667. The summed E-state index contributed by atoms with van der Waals surface area (Å²) >= 11 is 0. The lowest BCUT2D eigenvalue weighted by Crippen LogP contribution is -2.20. The van der Waals surface area contributed by atoms with Crippen molar-refractivity contribution in [2.45, 2.75) is 11.3 Å². The normalized spacial score (nSPS) is 16.8. The summed E-state index contributed by atoms with van der Waals surface area (Å²) in [7, 11) is 0. The van der Waals surface area contributed by atoms with Gasteiger partial charge in [0.15, 0.2) is 0 Å². The monoisotopic (exact) mass is 438 g/mol. The molecule has 0 saturated heterocycles. The highest BCUT2D eigenvalue weighted by Gasteiger charge is 2.35. The molecule has 2 aliphatic rings. The molecule has 4 aromatic carbocycles. The van der Waals surface area contributed by atoms with Gasteiger partial charge in [0.05, 0.1) is 0 Å². The van der Waals surface area contributed by atoms with Crippen LogP contribution in [0.25, 0.3) is 11.1 Å². The third kappa shape index (κ3) is 3.23. The summed E-state index contributed by atoms with van der Waals surface area (Å²) < 4.78 is 0. The molecule has 6 rings (SSSR count). The van der Waals surface area contributed by atoms with Crippen LogP contribution in [0, 0.1) is 0 Å². The summed E-state index contributed by atoms with van der Waals surface area (Å²) in [5.74, 6) is 0. The van der Waals surface area contributed by atoms with E-state index in [-0.39, 0.29) is 0 Å². The smallest absolute Gasteiger partial charge is 0.201 e. The van der Waals surface area contributed by atoms with Gasteiger partial charge in [0, 0.05) is 47.1 Å². The maximum absolute atomic E-state index is 4.73. The number of aliphatic imine (C=N–C) groups is 4. The first-order chi connectivity index (χ1) is 16.8. The molecular weight excluding hydrogens is 416 g/mol. The molecule has 4 nitrogen and oxygen atoms in total. The van der Waals surface area contributed by atoms with Crippen LogP contribution in [0.5, 0.6) is 0 Å². The lowest BCUT2D eigenvalue weighted by atomic mass is 9.89. The Morgan fingerprint density at radius 2 is 0.618 bits per heavy atom. The molecule has 0 aliphatic carbocycles. The second kappa shape index (κ2) is 8.16. The molecule has 2 aliphatic heterocycles. The van der Waals surface area contributed by atoms with Crippen LogP contribution in [0.2, 0.25) is 0 Å². The van der Waals surface area contributed by atoms with Crippen molar-refractivity contribution in [1.82, 2.24) is 0 Å². The van der Waals surface area contributed by atoms with E-state index in [0.29, 0.717) is 0 Å². The fourth-order valence-electron chi connectivity index (χ4n) is 4.69. The molecule has 0 aromatic heterocycles. The molecule has 0 atom stereocenters. The molecule has 0 unspecified atom stereocenters. The predicted octanol–water partition coefficient (Wildman–Crippen LogP) is 6.07. The van der Waals surface area contributed by atoms with Gasteiger partial charge in [0.1, 0.15) is 0 Å². The standard InChI is InChI=1S/C30H22N4/c1-3-7-25(8-4-1)29(31-19-20-32-29)27-15-11-23(12-16-27)24-13-17-28(18-14-24)30(33-21-22-34-30)26-9-5-2-6-10-26/h1-22H. The highest BCUT2D eigenvalue weighted by atomic mass is 15.1. The molecule has 162 valence electrons. The van der Waals surface area contributed by atoms with Crippen molar-refractivity contribution in [3.63, 3.8) is 0 Å². The molecular formula is C30H22N4. The van der Waals surface area contributed by atoms with Crippen molar-refractivity contribution in [1.29, 1.82) is 0 Å². The van der Waals surface area contributed by atoms with Crippen LogP contribution in [0.3, 0.4) is 0 Å². The van der Waals surface area contributed by atoms with E-state index >= 15 is 0 Å². The molecule has 0 bridgehead atoms. The summed E-state index contributed by atoms with van der Waals surface area (Å²) in [4.78, 5) is 18.9. The Hall–Kier alpha value is -4.44. The maximum atomic E-state index is 4.73. The highest BCUT2D eigenvalue weighted by molar-refractivity contribution is 6.18. The molecule has 34 heavy (non-hydrogen) atoms. The Morgan fingerprint density at radius 1 is 0.324 bits per heavy atom. The van der Waals surface area contributed by atoms with Crippen LogP contribution in [-0.2, 0) is 11.3 Å². The van der Waals surface area contributed by atoms with E-state index in [2.05, 4.69) is 72.8 Å². The molecule has 0 spiro atoms. The average Bonchev–Trinajstić information content (AvgIpc) is 3.62. The van der Waals surface area contributed by atoms with Gasteiger partial charge in [-0.15, -0.1) is 0 Å². The largest absolute Gasteiger partial charge is 0.253 e. The van der Waals surface area contributed by atoms with Crippen LogP contribution in [0.1, 0.15) is 22.3 Å². The van der Waals surface area contributed by atoms with Crippen molar-refractivity contribution in [3.8, 4) is 11.1 Å². The minimum absolute atomic E-state index is 0.704. The van der Waals surface area contributed by atoms with Crippen LogP contribution >= 0.6 is 0 Å². The first-order valence-corrected chi connectivity index (χ1v) is 11.3. The van der Waals surface area contributed by atoms with Crippen molar-refractivity contribution < 1.29 is 0 Å². The molecule has 0 radical (unpaired) electrons. The number of nitrogens with zero attached hydrogens (tertiary/aromatic N) is 4. The third-order valence-electron chi connectivity index (χ3n) is 6.44. The van der Waals surface area contributed by atoms with Crippen molar-refractivity contribution in [3.05, 3.63) is 131 Å². The minimum atomic E-state index is -0.704. The van der Waals surface area contributed by atoms with Crippen molar-refractivity contribution >= 4 is 24.9 Å². The summed E-state index contributed by atoms with van der Waals surface area (Å²) in [6.07, 6.45) is 7.10. The van der Waals surface area contributed by atoms with Crippen molar-refractivity contribution in [2.75, 3.05) is 0 Å². The van der Waals surface area contributed by atoms with E-state index in [9.17, 15) is 0 Å². The Morgan fingerprint density at radius 3 is 0.941 bits per heavy atom. The number of hydrogen-bond donors (Lipinski definition) is 0. The van der Waals surface area contributed by atoms with Crippen LogP contribution < -0.4 is 0 Å². The predicted molar refractivity (Wildman–Crippen MR) is 140 cm³/mol. The van der Waals surface area contributed by atoms with E-state index in [1.54, 1.807) is 24.9 Å². The van der Waals surface area contributed by atoms with E-state index in [4.69, 9.17) is 20.0 Å². The van der Waals surface area contributed by atoms with Crippen molar-refractivity contribution in [2.24, 2.45) is 20.0 Å². The van der Waals surface area contributed by atoms with Gasteiger partial charge in [0.25, 0.3) is 0 Å². The van der Waals surface area contributed by atoms with Gasteiger partial charge < -0.3 is 0 Å². The van der Waals surface area contributed by atoms with Gasteiger partial charge in [-0.25, -0.2) is 0 Å². The zero-order valence-electron chi connectivity index (χ0n) is 18.5. The maximum Gasteiger partial charge on any atom is 0.201 e. The number of rotatable bonds is 5. The third-order valence-corrected chi connectivity index (χ3v) is 6.44. The highest BCUT2D eigenvalue weighted by Crippen LogP contribution is 2.39. The lowest BCUT2D eigenvalue weighted by molar-refractivity contribution is 0.591. The Bertz CT molecular complexity index is 1280. The van der Waals surface area contributed by atoms with Crippen LogP contribution in [0.4, 0.5) is 0 Å². The molecule has 0 N–H and O–H groups in total. The summed E-state index contributed by atoms with van der Waals surface area (Å²) in [6, 6.07) is 37.4. The summed E-state index contributed by atoms with van der Waals surface area (Å²) in [6.45, 7) is 0. The van der Waals surface area contributed by atoms with Crippen LogP contribution in [-0.4, -0.2) is 24.9 Å². The molecule has 0 amide bonds. The second-order valence-electron chi connectivity index (χ2n) is 8.34. The summed E-state index contributed by atoms with van der Waals surface area (Å²) in [5, 5.41) is 0. The second-order valence-corrected chi connectivity index (χ2v) is 8.34. The van der Waals surface area contributed by atoms with Gasteiger partial charge in [-0.1, -0.05) is 109 Å². The average molecular weight is 439 g/mol. The fourth-order valence-corrected chi connectivity index (χ4v) is 4.69. The van der Waals surface area contributed by atoms with Gasteiger partial charge in [0.2, 0.25) is 11.3 Å². The van der Waals surface area contributed by atoms with E-state index in [1.807, 2.05) is 36.4 Å². The topological polar surface area (TPSA) is 49.4 Å². The van der Waals surface area contributed by atoms with Gasteiger partial charge in [-0.3, -0.25) is 20.0 Å². The number of benzene rings is 4. The van der Waals surface area contributed by atoms with E-state index < -0.39 is 11.3 Å².